The lowest BCUT2D eigenvalue weighted by atomic mass is 10.0. The van der Waals surface area contributed by atoms with E-state index in [4.69, 9.17) is 9.47 Å². The zero-order valence-electron chi connectivity index (χ0n) is 16.4. The summed E-state index contributed by atoms with van der Waals surface area (Å²) in [5.41, 5.74) is 3.20. The number of ether oxygens (including phenoxy) is 2. The predicted octanol–water partition coefficient (Wildman–Crippen LogP) is 2.75. The van der Waals surface area contributed by atoms with Crippen molar-refractivity contribution in [2.75, 3.05) is 26.3 Å². The SMILES string of the molecule is CCOc1cccc(-n2cc(C(=O)Cc3ccc([C@H]4CNCCO4)cc3)nn2)c1. The van der Waals surface area contributed by atoms with Crippen molar-refractivity contribution in [3.05, 3.63) is 71.5 Å². The summed E-state index contributed by atoms with van der Waals surface area (Å²) in [6.45, 7) is 4.94. The zero-order valence-corrected chi connectivity index (χ0v) is 16.4. The van der Waals surface area contributed by atoms with Gasteiger partial charge < -0.3 is 14.8 Å². The molecule has 29 heavy (non-hydrogen) atoms. The lowest BCUT2D eigenvalue weighted by Crippen LogP contribution is -2.33. The summed E-state index contributed by atoms with van der Waals surface area (Å²) in [6.07, 6.45) is 2.01. The Kier molecular flexibility index (Phi) is 5.97. The number of ketones is 1. The van der Waals surface area contributed by atoms with Crippen molar-refractivity contribution >= 4 is 5.78 Å². The van der Waals surface area contributed by atoms with Crippen LogP contribution < -0.4 is 10.1 Å². The minimum atomic E-state index is -0.0689. The van der Waals surface area contributed by atoms with Gasteiger partial charge in [0.05, 0.1) is 31.2 Å². The van der Waals surface area contributed by atoms with Gasteiger partial charge in [0.25, 0.3) is 0 Å². The first-order chi connectivity index (χ1) is 14.2. The molecule has 0 amide bonds. The third kappa shape index (κ3) is 4.70. The molecule has 0 unspecified atom stereocenters. The molecule has 2 aromatic carbocycles. The van der Waals surface area contributed by atoms with E-state index in [1.165, 1.54) is 0 Å². The second-order valence-corrected chi connectivity index (χ2v) is 6.88. The van der Waals surface area contributed by atoms with Gasteiger partial charge in [-0.1, -0.05) is 35.5 Å². The zero-order chi connectivity index (χ0) is 20.1. The summed E-state index contributed by atoms with van der Waals surface area (Å²) in [7, 11) is 0. The van der Waals surface area contributed by atoms with Crippen LogP contribution in [0.25, 0.3) is 5.69 Å². The molecule has 4 rings (SSSR count). The number of carbonyl (C=O) groups excluding carboxylic acids is 1. The van der Waals surface area contributed by atoms with E-state index >= 15 is 0 Å². The van der Waals surface area contributed by atoms with Crippen LogP contribution in [-0.4, -0.2) is 47.1 Å². The van der Waals surface area contributed by atoms with Gasteiger partial charge in [-0.15, -0.1) is 5.10 Å². The molecule has 1 fully saturated rings. The minimum Gasteiger partial charge on any atom is -0.494 e. The van der Waals surface area contributed by atoms with Crippen LogP contribution in [0.15, 0.2) is 54.7 Å². The molecule has 0 saturated carbocycles. The summed E-state index contributed by atoms with van der Waals surface area (Å²) in [5, 5.41) is 11.5. The highest BCUT2D eigenvalue weighted by atomic mass is 16.5. The Labute approximate surface area is 169 Å². The number of hydrogen-bond acceptors (Lipinski definition) is 6. The molecule has 0 radical (unpaired) electrons. The average Bonchev–Trinajstić information content (AvgIpc) is 3.26. The largest absolute Gasteiger partial charge is 0.494 e. The Balaban J connectivity index is 1.42. The molecule has 1 aliphatic rings. The van der Waals surface area contributed by atoms with Gasteiger partial charge in [0.2, 0.25) is 0 Å². The Bertz CT molecular complexity index is 962. The van der Waals surface area contributed by atoms with Crippen LogP contribution >= 0.6 is 0 Å². The number of hydrogen-bond donors (Lipinski definition) is 1. The fraction of sp³-hybridized carbons (Fsp3) is 0.318. The molecule has 1 aromatic heterocycles. The topological polar surface area (TPSA) is 78.3 Å². The van der Waals surface area contributed by atoms with Gasteiger partial charge in [0.15, 0.2) is 5.78 Å². The van der Waals surface area contributed by atoms with Gasteiger partial charge in [-0.2, -0.15) is 0 Å². The number of carbonyl (C=O) groups is 1. The second-order valence-electron chi connectivity index (χ2n) is 6.88. The number of benzene rings is 2. The average molecular weight is 392 g/mol. The van der Waals surface area contributed by atoms with E-state index < -0.39 is 0 Å². The molecule has 150 valence electrons. The van der Waals surface area contributed by atoms with Gasteiger partial charge in [-0.25, -0.2) is 4.68 Å². The summed E-state index contributed by atoms with van der Waals surface area (Å²) < 4.78 is 12.9. The molecule has 1 atom stereocenters. The normalized spacial score (nSPS) is 16.5. The summed E-state index contributed by atoms with van der Waals surface area (Å²) in [5.74, 6) is 0.686. The van der Waals surface area contributed by atoms with Crippen LogP contribution in [0.4, 0.5) is 0 Å². The number of morpholine rings is 1. The van der Waals surface area contributed by atoms with E-state index in [0.717, 1.165) is 35.7 Å². The van der Waals surface area contributed by atoms with Crippen LogP contribution in [-0.2, 0) is 11.2 Å². The molecule has 7 nitrogen and oxygen atoms in total. The van der Waals surface area contributed by atoms with Crippen molar-refractivity contribution in [1.82, 2.24) is 20.3 Å². The Morgan fingerprint density at radius 2 is 2.14 bits per heavy atom. The maximum Gasteiger partial charge on any atom is 0.189 e. The molecule has 0 aliphatic carbocycles. The lowest BCUT2D eigenvalue weighted by molar-refractivity contribution is 0.0277. The van der Waals surface area contributed by atoms with E-state index in [9.17, 15) is 4.79 Å². The molecular formula is C22H24N4O3. The number of Topliss-reactive ketones (excluding diaryl/α,β-unsaturated/α-hetero) is 1. The summed E-state index contributed by atoms with van der Waals surface area (Å²) in [4.78, 5) is 12.6. The fourth-order valence-corrected chi connectivity index (χ4v) is 3.31. The van der Waals surface area contributed by atoms with E-state index in [0.29, 0.717) is 18.9 Å². The lowest BCUT2D eigenvalue weighted by Gasteiger charge is -2.24. The number of aromatic nitrogens is 3. The van der Waals surface area contributed by atoms with Crippen molar-refractivity contribution in [2.24, 2.45) is 0 Å². The van der Waals surface area contributed by atoms with Gasteiger partial charge in [-0.3, -0.25) is 4.79 Å². The van der Waals surface area contributed by atoms with Gasteiger partial charge in [0, 0.05) is 25.6 Å². The van der Waals surface area contributed by atoms with E-state index in [1.807, 2.05) is 55.5 Å². The van der Waals surface area contributed by atoms with Gasteiger partial charge in [-0.05, 0) is 30.2 Å². The highest BCUT2D eigenvalue weighted by Gasteiger charge is 2.16. The van der Waals surface area contributed by atoms with Crippen LogP contribution in [0.2, 0.25) is 0 Å². The Morgan fingerprint density at radius 3 is 2.90 bits per heavy atom. The highest BCUT2D eigenvalue weighted by Crippen LogP contribution is 2.20. The van der Waals surface area contributed by atoms with Crippen molar-refractivity contribution in [1.29, 1.82) is 0 Å². The molecule has 0 spiro atoms. The van der Waals surface area contributed by atoms with E-state index in [1.54, 1.807) is 10.9 Å². The van der Waals surface area contributed by atoms with E-state index in [-0.39, 0.29) is 18.3 Å². The molecule has 1 saturated heterocycles. The molecule has 0 bridgehead atoms. The first kappa shape index (κ1) is 19.3. The van der Waals surface area contributed by atoms with Crippen molar-refractivity contribution in [3.8, 4) is 11.4 Å². The van der Waals surface area contributed by atoms with E-state index in [2.05, 4.69) is 15.6 Å². The standard InChI is InChI=1S/C22H24N4O3/c1-2-28-19-5-3-4-18(13-19)26-15-20(24-25-26)21(27)12-16-6-8-17(9-7-16)22-14-23-10-11-29-22/h3-9,13,15,22-23H,2,10-12,14H2,1H3/t22-/m1/s1. The number of nitrogens with zero attached hydrogens (tertiary/aromatic N) is 3. The minimum absolute atomic E-state index is 0.0689. The molecule has 7 heteroatoms. The van der Waals surface area contributed by atoms with Crippen LogP contribution in [0.3, 0.4) is 0 Å². The second kappa shape index (κ2) is 8.98. The van der Waals surface area contributed by atoms with Gasteiger partial charge >= 0.3 is 0 Å². The van der Waals surface area contributed by atoms with Crippen LogP contribution in [0.5, 0.6) is 5.75 Å². The predicted molar refractivity (Wildman–Crippen MR) is 109 cm³/mol. The number of rotatable bonds is 7. The first-order valence-corrected chi connectivity index (χ1v) is 9.83. The summed E-state index contributed by atoms with van der Waals surface area (Å²) >= 11 is 0. The molecular weight excluding hydrogens is 368 g/mol. The fourth-order valence-electron chi connectivity index (χ4n) is 3.31. The summed E-state index contributed by atoms with van der Waals surface area (Å²) in [6, 6.07) is 15.5. The maximum atomic E-state index is 12.6. The third-order valence-electron chi connectivity index (χ3n) is 4.82. The Hall–Kier alpha value is -3.03. The smallest absolute Gasteiger partial charge is 0.189 e. The van der Waals surface area contributed by atoms with Crippen molar-refractivity contribution in [2.45, 2.75) is 19.4 Å². The van der Waals surface area contributed by atoms with Crippen molar-refractivity contribution < 1.29 is 14.3 Å². The van der Waals surface area contributed by atoms with Crippen molar-refractivity contribution in [3.63, 3.8) is 0 Å². The monoisotopic (exact) mass is 392 g/mol. The maximum absolute atomic E-state index is 12.6. The molecule has 2 heterocycles. The number of nitrogens with one attached hydrogen (secondary N) is 1. The molecule has 1 aliphatic heterocycles. The quantitative estimate of drug-likeness (QED) is 0.623. The molecule has 1 N–H and O–H groups in total. The molecule has 3 aromatic rings. The first-order valence-electron chi connectivity index (χ1n) is 9.83. The highest BCUT2D eigenvalue weighted by molar-refractivity contribution is 5.95. The van der Waals surface area contributed by atoms with Gasteiger partial charge in [0.1, 0.15) is 11.4 Å². The van der Waals surface area contributed by atoms with Crippen LogP contribution in [0.1, 0.15) is 34.6 Å². The third-order valence-corrected chi connectivity index (χ3v) is 4.82. The van der Waals surface area contributed by atoms with Crippen LogP contribution in [0, 0.1) is 0 Å². The Morgan fingerprint density at radius 1 is 1.28 bits per heavy atom.